The third-order valence-electron chi connectivity index (χ3n) is 2.06. The highest BCUT2D eigenvalue weighted by molar-refractivity contribution is 7.81. The second kappa shape index (κ2) is 4.04. The van der Waals surface area contributed by atoms with Crippen molar-refractivity contribution in [1.82, 2.24) is 10.6 Å². The predicted molar refractivity (Wildman–Crippen MR) is 66.4 cm³/mol. The first kappa shape index (κ1) is 10.2. The molecule has 0 unspecified atom stereocenters. The number of carbonyl (C=O) groups excluding carboxylic acids is 1. The number of allylic oxidation sites excluding steroid dienone is 5. The van der Waals surface area contributed by atoms with Crippen LogP contribution in [0, 0.1) is 0 Å². The first-order valence-electron chi connectivity index (χ1n) is 4.41. The van der Waals surface area contributed by atoms with Crippen molar-refractivity contribution >= 4 is 40.3 Å². The zero-order valence-corrected chi connectivity index (χ0v) is 9.37. The van der Waals surface area contributed by atoms with Gasteiger partial charge in [0.15, 0.2) is 5.11 Å². The summed E-state index contributed by atoms with van der Waals surface area (Å²) in [4.78, 5) is 12.2. The lowest BCUT2D eigenvalue weighted by atomic mass is 10.0. The Bertz CT molecular complexity index is 446. The van der Waals surface area contributed by atoms with Crippen molar-refractivity contribution in [1.29, 1.82) is 0 Å². The summed E-state index contributed by atoms with van der Waals surface area (Å²) in [5.41, 5.74) is 1.33. The molecule has 3 nitrogen and oxygen atoms in total. The van der Waals surface area contributed by atoms with Crippen LogP contribution < -0.4 is 10.6 Å². The Morgan fingerprint density at radius 2 is 2.13 bits per heavy atom. The molecule has 15 heavy (non-hydrogen) atoms. The molecule has 5 heteroatoms. The van der Waals surface area contributed by atoms with Crippen molar-refractivity contribution in [2.24, 2.45) is 0 Å². The summed E-state index contributed by atoms with van der Waals surface area (Å²) in [7, 11) is 0. The van der Waals surface area contributed by atoms with Gasteiger partial charge in [0, 0.05) is 11.3 Å². The normalized spacial score (nSPS) is 22.8. The average Bonchev–Trinajstić information content (AvgIpc) is 2.49. The molecule has 76 valence electrons. The zero-order valence-electron chi connectivity index (χ0n) is 7.74. The quantitative estimate of drug-likeness (QED) is 0.529. The third kappa shape index (κ3) is 2.19. The monoisotopic (exact) mass is 236 g/mol. The maximum absolute atomic E-state index is 11.3. The Labute approximate surface area is 97.9 Å². The SMILES string of the molecule is O=C1NC(=S)NC1=CC1=CC=CCC1=S. The van der Waals surface area contributed by atoms with Crippen molar-refractivity contribution < 1.29 is 4.79 Å². The number of amides is 1. The minimum atomic E-state index is -0.210. The number of rotatable bonds is 1. The molecule has 1 fully saturated rings. The molecule has 2 N–H and O–H groups in total. The molecule has 0 saturated carbocycles. The van der Waals surface area contributed by atoms with Gasteiger partial charge in [0.25, 0.3) is 5.91 Å². The number of hydrogen-bond donors (Lipinski definition) is 2. The number of hydrogen-bond acceptors (Lipinski definition) is 3. The molecule has 1 aliphatic carbocycles. The average molecular weight is 236 g/mol. The van der Waals surface area contributed by atoms with Crippen molar-refractivity contribution in [2.75, 3.05) is 0 Å². The molecule has 0 aromatic heterocycles. The van der Waals surface area contributed by atoms with Gasteiger partial charge in [0.2, 0.25) is 0 Å². The van der Waals surface area contributed by atoms with Crippen LogP contribution in [-0.4, -0.2) is 15.9 Å². The molecule has 2 aliphatic rings. The first-order valence-corrected chi connectivity index (χ1v) is 5.22. The van der Waals surface area contributed by atoms with E-state index >= 15 is 0 Å². The summed E-state index contributed by atoms with van der Waals surface area (Å²) >= 11 is 9.99. The Balaban J connectivity index is 2.26. The first-order chi connectivity index (χ1) is 7.16. The minimum absolute atomic E-state index is 0.210. The highest BCUT2D eigenvalue weighted by Crippen LogP contribution is 2.13. The fourth-order valence-electron chi connectivity index (χ4n) is 1.32. The molecule has 0 aromatic carbocycles. The molecular formula is C10H8N2OS2. The highest BCUT2D eigenvalue weighted by Gasteiger charge is 2.20. The van der Waals surface area contributed by atoms with Crippen molar-refractivity contribution in [3.63, 3.8) is 0 Å². The van der Waals surface area contributed by atoms with E-state index in [1.807, 2.05) is 18.2 Å². The summed E-state index contributed by atoms with van der Waals surface area (Å²) in [6, 6.07) is 0. The summed E-state index contributed by atoms with van der Waals surface area (Å²) in [5.74, 6) is -0.210. The maximum atomic E-state index is 11.3. The highest BCUT2D eigenvalue weighted by atomic mass is 32.1. The van der Waals surface area contributed by atoms with Gasteiger partial charge in [-0.05, 0) is 23.9 Å². The van der Waals surface area contributed by atoms with Crippen LogP contribution in [0.1, 0.15) is 6.42 Å². The molecule has 0 spiro atoms. The van der Waals surface area contributed by atoms with Gasteiger partial charge in [-0.3, -0.25) is 10.1 Å². The fourth-order valence-corrected chi connectivity index (χ4v) is 1.75. The van der Waals surface area contributed by atoms with Crippen LogP contribution in [0.15, 0.2) is 35.6 Å². The van der Waals surface area contributed by atoms with Crippen molar-refractivity contribution in [3.8, 4) is 0 Å². The van der Waals surface area contributed by atoms with E-state index in [0.717, 1.165) is 16.9 Å². The molecule has 1 heterocycles. The molecule has 2 rings (SSSR count). The molecule has 1 saturated heterocycles. The smallest absolute Gasteiger partial charge is 0.273 e. The molecule has 1 amide bonds. The summed E-state index contributed by atoms with van der Waals surface area (Å²) in [5, 5.41) is 5.61. The van der Waals surface area contributed by atoms with E-state index in [2.05, 4.69) is 10.6 Å². The van der Waals surface area contributed by atoms with Gasteiger partial charge in [-0.2, -0.15) is 0 Å². The number of thiocarbonyl (C=S) groups is 2. The maximum Gasteiger partial charge on any atom is 0.273 e. The van der Waals surface area contributed by atoms with Gasteiger partial charge < -0.3 is 5.32 Å². The van der Waals surface area contributed by atoms with Crippen LogP contribution in [0.25, 0.3) is 0 Å². The van der Waals surface area contributed by atoms with Gasteiger partial charge >= 0.3 is 0 Å². The van der Waals surface area contributed by atoms with E-state index in [1.54, 1.807) is 6.08 Å². The Kier molecular flexibility index (Phi) is 2.75. The Hall–Kier alpha value is -1.33. The van der Waals surface area contributed by atoms with Gasteiger partial charge in [-0.25, -0.2) is 0 Å². The predicted octanol–water partition coefficient (Wildman–Crippen LogP) is 1.13. The Morgan fingerprint density at radius 3 is 2.73 bits per heavy atom. The molecule has 0 radical (unpaired) electrons. The van der Waals surface area contributed by atoms with E-state index in [1.165, 1.54) is 0 Å². The lowest BCUT2D eigenvalue weighted by Gasteiger charge is -2.06. The topological polar surface area (TPSA) is 41.1 Å². The van der Waals surface area contributed by atoms with Gasteiger partial charge in [0.1, 0.15) is 5.70 Å². The molecule has 0 bridgehead atoms. The van der Waals surface area contributed by atoms with Crippen molar-refractivity contribution in [3.05, 3.63) is 35.6 Å². The van der Waals surface area contributed by atoms with E-state index in [4.69, 9.17) is 24.4 Å². The standard InChI is InChI=1S/C10H8N2OS2/c13-9-7(11-10(15)12-9)5-6-3-1-2-4-8(6)14/h1-3,5H,4H2,(H2,11,12,13,15). The van der Waals surface area contributed by atoms with E-state index in [0.29, 0.717) is 10.8 Å². The van der Waals surface area contributed by atoms with Crippen LogP contribution in [0.4, 0.5) is 0 Å². The van der Waals surface area contributed by atoms with Crippen LogP contribution in [-0.2, 0) is 4.79 Å². The fraction of sp³-hybridized carbons (Fsp3) is 0.100. The van der Waals surface area contributed by atoms with Gasteiger partial charge in [-0.1, -0.05) is 30.4 Å². The molecule has 0 aromatic rings. The van der Waals surface area contributed by atoms with Crippen LogP contribution in [0.5, 0.6) is 0 Å². The second-order valence-corrected chi connectivity index (χ2v) is 4.04. The van der Waals surface area contributed by atoms with Gasteiger partial charge in [-0.15, -0.1) is 0 Å². The molecular weight excluding hydrogens is 228 g/mol. The number of nitrogens with one attached hydrogen (secondary N) is 2. The Morgan fingerprint density at radius 1 is 1.33 bits per heavy atom. The van der Waals surface area contributed by atoms with Crippen molar-refractivity contribution in [2.45, 2.75) is 6.42 Å². The van der Waals surface area contributed by atoms with Gasteiger partial charge in [0.05, 0.1) is 0 Å². The lowest BCUT2D eigenvalue weighted by molar-refractivity contribution is -0.115. The molecule has 1 aliphatic heterocycles. The van der Waals surface area contributed by atoms with E-state index in [-0.39, 0.29) is 5.91 Å². The van der Waals surface area contributed by atoms with Crippen LogP contribution >= 0.6 is 24.4 Å². The summed E-state index contributed by atoms with van der Waals surface area (Å²) in [6.45, 7) is 0. The largest absolute Gasteiger partial charge is 0.328 e. The minimum Gasteiger partial charge on any atom is -0.328 e. The molecule has 0 atom stereocenters. The van der Waals surface area contributed by atoms with E-state index in [9.17, 15) is 4.79 Å². The van der Waals surface area contributed by atoms with E-state index < -0.39 is 0 Å². The lowest BCUT2D eigenvalue weighted by Crippen LogP contribution is -2.21. The zero-order chi connectivity index (χ0) is 10.8. The van der Waals surface area contributed by atoms with Crippen LogP contribution in [0.2, 0.25) is 0 Å². The summed E-state index contributed by atoms with van der Waals surface area (Å²) in [6.07, 6.45) is 8.26. The van der Waals surface area contributed by atoms with Crippen LogP contribution in [0.3, 0.4) is 0 Å². The second-order valence-electron chi connectivity index (χ2n) is 3.14. The third-order valence-corrected chi connectivity index (χ3v) is 2.66. The number of carbonyl (C=O) groups is 1. The summed E-state index contributed by atoms with van der Waals surface area (Å²) < 4.78 is 0.